The van der Waals surface area contributed by atoms with Crippen LogP contribution in [0.25, 0.3) is 11.3 Å². The highest BCUT2D eigenvalue weighted by molar-refractivity contribution is 5.60. The molecule has 7 heteroatoms. The van der Waals surface area contributed by atoms with Crippen LogP contribution in [0, 0.1) is 17.0 Å². The van der Waals surface area contributed by atoms with Gasteiger partial charge in [0.05, 0.1) is 5.69 Å². The molecule has 0 aliphatic rings. The molecule has 0 atom stereocenters. The Balaban J connectivity index is 2.48. The molecule has 0 amide bonds. The molecule has 0 bridgehead atoms. The molecule has 0 unspecified atom stereocenters. The van der Waals surface area contributed by atoms with E-state index in [9.17, 15) is 14.9 Å². The number of H-pyrrole nitrogens is 1. The van der Waals surface area contributed by atoms with Gasteiger partial charge in [-0.05, 0) is 13.0 Å². The van der Waals surface area contributed by atoms with Crippen molar-refractivity contribution in [1.29, 1.82) is 0 Å². The fourth-order valence-corrected chi connectivity index (χ4v) is 1.55. The van der Waals surface area contributed by atoms with Crippen LogP contribution in [0.2, 0.25) is 0 Å². The Morgan fingerprint density at radius 1 is 1.39 bits per heavy atom. The highest BCUT2D eigenvalue weighted by atomic mass is 16.7. The van der Waals surface area contributed by atoms with Crippen LogP contribution in [0.3, 0.4) is 0 Å². The molecule has 7 nitrogen and oxygen atoms in total. The van der Waals surface area contributed by atoms with Crippen LogP contribution in [-0.4, -0.2) is 15.0 Å². The minimum absolute atomic E-state index is 0.191. The molecule has 0 saturated carbocycles. The smallest absolute Gasteiger partial charge is 0.266 e. The van der Waals surface area contributed by atoms with Gasteiger partial charge in [-0.25, -0.2) is 15.1 Å². The van der Waals surface area contributed by atoms with E-state index in [1.807, 2.05) is 30.5 Å². The Morgan fingerprint density at radius 3 is 2.83 bits per heavy atom. The van der Waals surface area contributed by atoms with Gasteiger partial charge in [-0.15, -0.1) is 0 Å². The first kappa shape index (κ1) is 11.8. The van der Waals surface area contributed by atoms with Crippen molar-refractivity contribution in [3.8, 4) is 11.3 Å². The zero-order chi connectivity index (χ0) is 13.1. The Labute approximate surface area is 102 Å². The maximum Gasteiger partial charge on any atom is 0.266 e. The quantitative estimate of drug-likeness (QED) is 0.628. The first-order chi connectivity index (χ1) is 8.54. The van der Waals surface area contributed by atoms with Gasteiger partial charge in [0, 0.05) is 11.6 Å². The van der Waals surface area contributed by atoms with E-state index in [-0.39, 0.29) is 5.95 Å². The summed E-state index contributed by atoms with van der Waals surface area (Å²) in [5.74, 6) is -0.191. The van der Waals surface area contributed by atoms with Gasteiger partial charge < -0.3 is 0 Å². The molecule has 0 spiro atoms. The van der Waals surface area contributed by atoms with E-state index in [0.717, 1.165) is 11.1 Å². The van der Waals surface area contributed by atoms with E-state index in [4.69, 9.17) is 0 Å². The van der Waals surface area contributed by atoms with Gasteiger partial charge in [0.1, 0.15) is 0 Å². The molecule has 18 heavy (non-hydrogen) atoms. The van der Waals surface area contributed by atoms with E-state index < -0.39 is 10.6 Å². The second kappa shape index (κ2) is 4.66. The molecule has 0 radical (unpaired) electrons. The number of aromatic nitrogens is 2. The number of rotatable bonds is 3. The minimum atomic E-state index is -0.779. The van der Waals surface area contributed by atoms with Gasteiger partial charge in [0.2, 0.25) is 0 Å². The first-order valence-electron chi connectivity index (χ1n) is 5.14. The number of hydrazine groups is 1. The lowest BCUT2D eigenvalue weighted by Gasteiger charge is -2.03. The molecule has 1 aromatic heterocycles. The lowest BCUT2D eigenvalue weighted by Crippen LogP contribution is -2.16. The lowest BCUT2D eigenvalue weighted by molar-refractivity contribution is -0.446. The van der Waals surface area contributed by atoms with Crippen molar-refractivity contribution in [3.05, 3.63) is 56.4 Å². The fraction of sp³-hybridized carbons (Fsp3) is 0.0909. The third-order valence-corrected chi connectivity index (χ3v) is 2.25. The van der Waals surface area contributed by atoms with Gasteiger partial charge in [0.15, 0.2) is 5.03 Å². The molecule has 2 rings (SSSR count). The van der Waals surface area contributed by atoms with E-state index >= 15 is 0 Å². The SMILES string of the molecule is Cc1cccc(-c2cc(=O)[nH]c(N[N+](=O)[O-])n2)c1. The fourth-order valence-electron chi connectivity index (χ4n) is 1.55. The Morgan fingerprint density at radius 2 is 2.17 bits per heavy atom. The number of benzene rings is 1. The van der Waals surface area contributed by atoms with Gasteiger partial charge >= 0.3 is 0 Å². The number of hydrogen-bond donors (Lipinski definition) is 2. The number of nitrogens with one attached hydrogen (secondary N) is 2. The van der Waals surface area contributed by atoms with Crippen LogP contribution >= 0.6 is 0 Å². The summed E-state index contributed by atoms with van der Waals surface area (Å²) >= 11 is 0. The number of nitrogens with zero attached hydrogens (tertiary/aromatic N) is 2. The topological polar surface area (TPSA) is 101 Å². The monoisotopic (exact) mass is 246 g/mol. The largest absolute Gasteiger partial charge is 0.288 e. The average molecular weight is 246 g/mol. The van der Waals surface area contributed by atoms with Crippen LogP contribution in [0.15, 0.2) is 35.1 Å². The summed E-state index contributed by atoms with van der Waals surface area (Å²) < 4.78 is 0. The Bertz CT molecular complexity index is 651. The zero-order valence-corrected chi connectivity index (χ0v) is 9.51. The van der Waals surface area contributed by atoms with Crippen molar-refractivity contribution in [2.45, 2.75) is 6.92 Å². The van der Waals surface area contributed by atoms with Gasteiger partial charge in [-0.2, -0.15) is 0 Å². The third-order valence-electron chi connectivity index (χ3n) is 2.25. The standard InChI is InChI=1S/C11H10N4O3/c1-7-3-2-4-8(5-7)9-6-10(16)13-11(12-9)14-15(17)18/h2-6H,1H3,(H2,12,13,14,16). The zero-order valence-electron chi connectivity index (χ0n) is 9.51. The molecule has 0 aliphatic carbocycles. The Hall–Kier alpha value is -2.70. The summed E-state index contributed by atoms with van der Waals surface area (Å²) in [6, 6.07) is 8.66. The molecule has 1 heterocycles. The van der Waals surface area contributed by atoms with Crippen LogP contribution in [0.4, 0.5) is 5.95 Å². The van der Waals surface area contributed by atoms with E-state index in [0.29, 0.717) is 5.69 Å². The summed E-state index contributed by atoms with van der Waals surface area (Å²) in [4.78, 5) is 27.9. The summed E-state index contributed by atoms with van der Waals surface area (Å²) in [5, 5.41) is 9.53. The summed E-state index contributed by atoms with van der Waals surface area (Å²) in [7, 11) is 0. The molecule has 0 aliphatic heterocycles. The van der Waals surface area contributed by atoms with Crippen molar-refractivity contribution < 1.29 is 5.03 Å². The summed E-state index contributed by atoms with van der Waals surface area (Å²) in [6.07, 6.45) is 0. The summed E-state index contributed by atoms with van der Waals surface area (Å²) in [5.41, 5.74) is 3.50. The molecule has 0 fully saturated rings. The minimum Gasteiger partial charge on any atom is -0.288 e. The number of anilines is 1. The third kappa shape index (κ3) is 2.70. The number of aromatic amines is 1. The van der Waals surface area contributed by atoms with Gasteiger partial charge in [-0.1, -0.05) is 29.2 Å². The molecule has 2 N–H and O–H groups in total. The van der Waals surface area contributed by atoms with Gasteiger partial charge in [0.25, 0.3) is 11.5 Å². The molecule has 92 valence electrons. The maximum atomic E-state index is 11.4. The van der Waals surface area contributed by atoms with Crippen LogP contribution in [0.5, 0.6) is 0 Å². The van der Waals surface area contributed by atoms with Crippen molar-refractivity contribution in [2.75, 3.05) is 5.43 Å². The van der Waals surface area contributed by atoms with Crippen molar-refractivity contribution in [3.63, 3.8) is 0 Å². The second-order valence-corrected chi connectivity index (χ2v) is 3.72. The van der Waals surface area contributed by atoms with Crippen LogP contribution < -0.4 is 11.0 Å². The molecular formula is C11H10N4O3. The van der Waals surface area contributed by atoms with Crippen molar-refractivity contribution in [1.82, 2.24) is 9.97 Å². The molecular weight excluding hydrogens is 236 g/mol. The molecule has 0 saturated heterocycles. The maximum absolute atomic E-state index is 11.4. The average Bonchev–Trinajstić information content (AvgIpc) is 2.27. The molecule has 1 aromatic carbocycles. The van der Waals surface area contributed by atoms with Crippen LogP contribution in [-0.2, 0) is 0 Å². The highest BCUT2D eigenvalue weighted by Gasteiger charge is 2.07. The summed E-state index contributed by atoms with van der Waals surface area (Å²) in [6.45, 7) is 1.91. The highest BCUT2D eigenvalue weighted by Crippen LogP contribution is 2.17. The predicted molar refractivity (Wildman–Crippen MR) is 65.6 cm³/mol. The van der Waals surface area contributed by atoms with E-state index in [2.05, 4.69) is 9.97 Å². The predicted octanol–water partition coefficient (Wildman–Crippen LogP) is 1.35. The van der Waals surface area contributed by atoms with Crippen molar-refractivity contribution >= 4 is 5.95 Å². The van der Waals surface area contributed by atoms with Crippen molar-refractivity contribution in [2.24, 2.45) is 0 Å². The van der Waals surface area contributed by atoms with E-state index in [1.54, 1.807) is 6.07 Å². The molecule has 2 aromatic rings. The Kier molecular flexibility index (Phi) is 3.05. The van der Waals surface area contributed by atoms with E-state index in [1.165, 1.54) is 6.07 Å². The van der Waals surface area contributed by atoms with Crippen LogP contribution in [0.1, 0.15) is 5.56 Å². The normalized spacial score (nSPS) is 10.1. The number of nitro groups is 1. The number of aryl methyl sites for hydroxylation is 1. The second-order valence-electron chi connectivity index (χ2n) is 3.72. The number of hydrogen-bond acceptors (Lipinski definition) is 4. The van der Waals surface area contributed by atoms with Gasteiger partial charge in [-0.3, -0.25) is 9.78 Å². The first-order valence-corrected chi connectivity index (χ1v) is 5.14. The lowest BCUT2D eigenvalue weighted by atomic mass is 10.1.